The molecule has 1 unspecified atom stereocenters. The quantitative estimate of drug-likeness (QED) is 0.619. The number of nitrogens with one attached hydrogen (secondary N) is 1. The third kappa shape index (κ3) is 7.03. The van der Waals surface area contributed by atoms with Crippen LogP contribution in [0.5, 0.6) is 0 Å². The summed E-state index contributed by atoms with van der Waals surface area (Å²) in [6, 6.07) is 12.2. The molecule has 1 aliphatic rings. The number of nitrogens with zero attached hydrogens (tertiary/aromatic N) is 2. The summed E-state index contributed by atoms with van der Waals surface area (Å²) < 4.78 is 13.6. The van der Waals surface area contributed by atoms with E-state index in [1.54, 1.807) is 11.9 Å². The van der Waals surface area contributed by atoms with Gasteiger partial charge in [-0.25, -0.2) is 9.18 Å². The summed E-state index contributed by atoms with van der Waals surface area (Å²) in [7, 11) is 4.30. The Morgan fingerprint density at radius 1 is 1.09 bits per heavy atom. The summed E-state index contributed by atoms with van der Waals surface area (Å²) in [5, 5.41) is 3.71. The van der Waals surface area contributed by atoms with Gasteiger partial charge in [-0.2, -0.15) is 0 Å². The number of piperidine rings is 1. The molecule has 1 aliphatic heterocycles. The number of likely N-dealkylation sites (tertiary alicyclic amines) is 1. The van der Waals surface area contributed by atoms with E-state index in [-0.39, 0.29) is 23.8 Å². The van der Waals surface area contributed by atoms with Crippen LogP contribution in [0.1, 0.15) is 46.5 Å². The number of benzene rings is 2. The van der Waals surface area contributed by atoms with Gasteiger partial charge in [0.2, 0.25) is 5.91 Å². The molecule has 3 rings (SSSR count). The fourth-order valence-electron chi connectivity index (χ4n) is 3.78. The van der Waals surface area contributed by atoms with Crippen molar-refractivity contribution >= 4 is 32.2 Å². The van der Waals surface area contributed by atoms with Gasteiger partial charge in [-0.3, -0.25) is 4.79 Å². The average molecular weight is 460 g/mol. The second-order valence-electron chi connectivity index (χ2n) is 7.75. The molecule has 1 heterocycles. The van der Waals surface area contributed by atoms with Gasteiger partial charge >= 0.3 is 6.03 Å². The van der Waals surface area contributed by atoms with Crippen LogP contribution in [-0.4, -0.2) is 47.9 Å². The topological polar surface area (TPSA) is 52.7 Å². The number of urea groups is 1. The number of halogens is 1. The average Bonchev–Trinajstić information content (AvgIpc) is 2.80. The molecule has 0 aromatic heterocycles. The lowest BCUT2D eigenvalue weighted by Gasteiger charge is -2.36. The van der Waals surface area contributed by atoms with Gasteiger partial charge in [0, 0.05) is 38.3 Å². The van der Waals surface area contributed by atoms with Crippen LogP contribution in [0.15, 0.2) is 42.5 Å². The molecule has 1 fully saturated rings. The molecule has 32 heavy (non-hydrogen) atoms. The van der Waals surface area contributed by atoms with E-state index < -0.39 is 0 Å². The van der Waals surface area contributed by atoms with Crippen molar-refractivity contribution in [1.29, 1.82) is 0 Å². The number of carbonyl (C=O) groups excluding carboxylic acids is 2. The van der Waals surface area contributed by atoms with Crippen LogP contribution in [0, 0.1) is 5.82 Å². The van der Waals surface area contributed by atoms with Gasteiger partial charge in [0.1, 0.15) is 5.82 Å². The molecule has 1 atom stereocenters. The minimum atomic E-state index is -0.279. The largest absolute Gasteiger partial charge is 0.343 e. The Morgan fingerprint density at radius 2 is 1.72 bits per heavy atom. The Bertz CT molecular complexity index is 876. The predicted molar refractivity (Wildman–Crippen MR) is 134 cm³/mol. The van der Waals surface area contributed by atoms with E-state index in [9.17, 15) is 14.0 Å². The van der Waals surface area contributed by atoms with Crippen molar-refractivity contribution in [3.8, 4) is 11.1 Å². The number of hydrogen-bond donors (Lipinski definition) is 1. The van der Waals surface area contributed by atoms with Crippen LogP contribution >= 0.6 is 9.24 Å². The lowest BCUT2D eigenvalue weighted by Crippen LogP contribution is -2.48. The molecule has 1 saturated heterocycles. The van der Waals surface area contributed by atoms with Gasteiger partial charge in [-0.1, -0.05) is 32.9 Å². The maximum Gasteiger partial charge on any atom is 0.321 e. The van der Waals surface area contributed by atoms with E-state index in [1.165, 1.54) is 12.1 Å². The Balaban J connectivity index is 0.00000176. The highest BCUT2D eigenvalue weighted by molar-refractivity contribution is 7.27. The van der Waals surface area contributed by atoms with Gasteiger partial charge in [0.25, 0.3) is 0 Å². The summed E-state index contributed by atoms with van der Waals surface area (Å²) in [5.41, 5.74) is 2.36. The minimum Gasteiger partial charge on any atom is -0.343 e. The van der Waals surface area contributed by atoms with E-state index in [2.05, 4.69) is 14.6 Å². The molecule has 2 aromatic carbocycles. The SMILES string of the molecule is CC.CCCC(=O)N1CCC(N(C)C(=O)Nc2ccc(-c3cc(F)cc(P)c3)cc2)CC1. The van der Waals surface area contributed by atoms with Gasteiger partial charge in [0.15, 0.2) is 0 Å². The van der Waals surface area contributed by atoms with Crippen molar-refractivity contribution in [1.82, 2.24) is 9.80 Å². The number of anilines is 1. The van der Waals surface area contributed by atoms with Crippen molar-refractivity contribution in [2.75, 3.05) is 25.5 Å². The van der Waals surface area contributed by atoms with Crippen molar-refractivity contribution in [2.45, 2.75) is 52.5 Å². The second-order valence-corrected chi connectivity index (χ2v) is 8.42. The highest BCUT2D eigenvalue weighted by atomic mass is 31.0. The molecule has 0 bridgehead atoms. The maximum atomic E-state index is 13.6. The maximum absolute atomic E-state index is 13.6. The molecule has 2 aromatic rings. The number of carbonyl (C=O) groups is 2. The second kappa shape index (κ2) is 12.5. The summed E-state index contributed by atoms with van der Waals surface area (Å²) in [6.07, 6.45) is 3.02. The van der Waals surface area contributed by atoms with E-state index in [4.69, 9.17) is 0 Å². The molecule has 3 amide bonds. The molecule has 0 saturated carbocycles. The summed E-state index contributed by atoms with van der Waals surface area (Å²) in [6.45, 7) is 7.40. The molecule has 1 N–H and O–H groups in total. The third-order valence-corrected chi connectivity index (χ3v) is 5.87. The monoisotopic (exact) mass is 459 g/mol. The summed E-state index contributed by atoms with van der Waals surface area (Å²) >= 11 is 0. The lowest BCUT2D eigenvalue weighted by atomic mass is 10.0. The van der Waals surface area contributed by atoms with Crippen LogP contribution in [0.3, 0.4) is 0 Å². The number of rotatable bonds is 5. The van der Waals surface area contributed by atoms with Gasteiger partial charge in [-0.05, 0) is 66.0 Å². The third-order valence-electron chi connectivity index (χ3n) is 5.54. The molecule has 0 radical (unpaired) electrons. The zero-order chi connectivity index (χ0) is 23.7. The Labute approximate surface area is 193 Å². The first-order valence-electron chi connectivity index (χ1n) is 11.4. The van der Waals surface area contributed by atoms with E-state index in [1.807, 2.05) is 56.0 Å². The van der Waals surface area contributed by atoms with Crippen molar-refractivity contribution in [2.24, 2.45) is 0 Å². The van der Waals surface area contributed by atoms with Gasteiger partial charge in [-0.15, -0.1) is 9.24 Å². The zero-order valence-corrected chi connectivity index (χ0v) is 20.7. The zero-order valence-electron chi connectivity index (χ0n) is 19.5. The van der Waals surface area contributed by atoms with Crippen molar-refractivity contribution < 1.29 is 14.0 Å². The van der Waals surface area contributed by atoms with E-state index in [0.717, 1.165) is 35.7 Å². The van der Waals surface area contributed by atoms with Crippen molar-refractivity contribution in [3.63, 3.8) is 0 Å². The number of hydrogen-bond acceptors (Lipinski definition) is 2. The fourth-order valence-corrected chi connectivity index (χ4v) is 4.12. The summed E-state index contributed by atoms with van der Waals surface area (Å²) in [5.74, 6) is -0.0748. The van der Waals surface area contributed by atoms with Crippen molar-refractivity contribution in [3.05, 3.63) is 48.3 Å². The van der Waals surface area contributed by atoms with Crippen LogP contribution in [-0.2, 0) is 4.79 Å². The molecule has 7 heteroatoms. The Kier molecular flexibility index (Phi) is 10.1. The molecular formula is C25H35FN3O2P. The lowest BCUT2D eigenvalue weighted by molar-refractivity contribution is -0.132. The standard InChI is InChI=1S/C23H29FN3O2P.C2H6/c1-3-4-22(28)27-11-9-20(10-12-27)26(2)23(29)25-19-7-5-16(6-8-19)17-13-18(24)15-21(30)14-17;1-2/h5-8,13-15,20H,3-4,9-12,30H2,1-2H3,(H,25,29);1-2H3. The fraction of sp³-hybridized carbons (Fsp3) is 0.440. The van der Waals surface area contributed by atoms with E-state index in [0.29, 0.717) is 25.2 Å². The summed E-state index contributed by atoms with van der Waals surface area (Å²) in [4.78, 5) is 28.3. The highest BCUT2D eigenvalue weighted by Crippen LogP contribution is 2.23. The molecular weight excluding hydrogens is 424 g/mol. The van der Waals surface area contributed by atoms with Crippen LogP contribution in [0.2, 0.25) is 0 Å². The first-order valence-corrected chi connectivity index (χ1v) is 11.9. The number of amides is 3. The Hall–Kier alpha value is -2.46. The molecule has 174 valence electrons. The van der Waals surface area contributed by atoms with Crippen LogP contribution in [0.25, 0.3) is 11.1 Å². The van der Waals surface area contributed by atoms with Crippen LogP contribution in [0.4, 0.5) is 14.9 Å². The smallest absolute Gasteiger partial charge is 0.321 e. The predicted octanol–water partition coefficient (Wildman–Crippen LogP) is 5.27. The normalized spacial score (nSPS) is 13.8. The van der Waals surface area contributed by atoms with Gasteiger partial charge in [0.05, 0.1) is 0 Å². The Morgan fingerprint density at radius 3 is 2.28 bits per heavy atom. The molecule has 0 aliphatic carbocycles. The van der Waals surface area contributed by atoms with E-state index >= 15 is 0 Å². The molecule has 5 nitrogen and oxygen atoms in total. The van der Waals surface area contributed by atoms with Crippen LogP contribution < -0.4 is 10.6 Å². The van der Waals surface area contributed by atoms with Gasteiger partial charge < -0.3 is 15.1 Å². The molecule has 0 spiro atoms. The minimum absolute atomic E-state index is 0.114. The highest BCUT2D eigenvalue weighted by Gasteiger charge is 2.27. The first kappa shape index (κ1) is 25.8. The first-order chi connectivity index (χ1) is 15.4.